The first-order valence-electron chi connectivity index (χ1n) is 6.93. The molecule has 1 aromatic carbocycles. The summed E-state index contributed by atoms with van der Waals surface area (Å²) in [6.45, 7) is 6.55. The average molecular weight is 338 g/mol. The number of hydrogen-bond donors (Lipinski definition) is 1. The molecule has 1 aromatic rings. The van der Waals surface area contributed by atoms with Crippen LogP contribution in [-0.4, -0.2) is 24.0 Å². The van der Waals surface area contributed by atoms with Crippen LogP contribution in [0.25, 0.3) is 0 Å². The molecule has 2 N–H and O–H groups in total. The Morgan fingerprint density at radius 3 is 2.25 bits per heavy atom. The lowest BCUT2D eigenvalue weighted by Gasteiger charge is -2.37. The molecule has 0 bridgehead atoms. The van der Waals surface area contributed by atoms with Crippen molar-refractivity contribution in [2.45, 2.75) is 38.8 Å². The Morgan fingerprint density at radius 1 is 1.15 bits per heavy atom. The Hall–Kier alpha value is 0.01000. The molecule has 0 amide bonds. The Morgan fingerprint density at radius 2 is 1.75 bits per heavy atom. The minimum atomic E-state index is 0. The normalized spacial score (nSPS) is 20.2. The van der Waals surface area contributed by atoms with Crippen molar-refractivity contribution in [2.75, 3.05) is 13.1 Å². The van der Waals surface area contributed by atoms with E-state index in [1.807, 2.05) is 12.1 Å². The van der Waals surface area contributed by atoms with E-state index in [2.05, 4.69) is 24.8 Å². The molecule has 0 spiro atoms. The highest BCUT2D eigenvalue weighted by Crippen LogP contribution is 2.31. The van der Waals surface area contributed by atoms with Crippen molar-refractivity contribution in [1.82, 2.24) is 4.90 Å². The first kappa shape index (κ1) is 18.1. The Bertz CT molecular complexity index is 429. The summed E-state index contributed by atoms with van der Waals surface area (Å²) in [7, 11) is 0. The topological polar surface area (TPSA) is 29.3 Å². The fraction of sp³-hybridized carbons (Fsp3) is 0.600. The molecular formula is C15H23Cl3N2. The largest absolute Gasteiger partial charge is 0.328 e. The van der Waals surface area contributed by atoms with Crippen LogP contribution in [0.15, 0.2) is 18.2 Å². The maximum absolute atomic E-state index is 6.09. The number of benzene rings is 1. The summed E-state index contributed by atoms with van der Waals surface area (Å²) in [5.74, 6) is 0.664. The molecule has 1 fully saturated rings. The van der Waals surface area contributed by atoms with Gasteiger partial charge in [0.15, 0.2) is 0 Å². The second-order valence-electron chi connectivity index (χ2n) is 5.58. The van der Waals surface area contributed by atoms with Crippen molar-refractivity contribution in [3.63, 3.8) is 0 Å². The highest BCUT2D eigenvalue weighted by atomic mass is 35.5. The summed E-state index contributed by atoms with van der Waals surface area (Å²) in [6.07, 6.45) is 2.37. The number of nitrogens with zero attached hydrogens (tertiary/aromatic N) is 1. The summed E-state index contributed by atoms with van der Waals surface area (Å²) in [4.78, 5) is 2.50. The predicted molar refractivity (Wildman–Crippen MR) is 90.1 cm³/mol. The van der Waals surface area contributed by atoms with Crippen LogP contribution in [0.3, 0.4) is 0 Å². The lowest BCUT2D eigenvalue weighted by Crippen LogP contribution is -2.40. The fourth-order valence-electron chi connectivity index (χ4n) is 2.82. The van der Waals surface area contributed by atoms with E-state index >= 15 is 0 Å². The van der Waals surface area contributed by atoms with Crippen molar-refractivity contribution < 1.29 is 0 Å². The summed E-state index contributed by atoms with van der Waals surface area (Å²) in [5.41, 5.74) is 7.22. The van der Waals surface area contributed by atoms with Gasteiger partial charge >= 0.3 is 0 Å². The van der Waals surface area contributed by atoms with E-state index in [9.17, 15) is 0 Å². The third-order valence-electron chi connectivity index (χ3n) is 4.29. The molecule has 2 unspecified atom stereocenters. The van der Waals surface area contributed by atoms with Gasteiger partial charge in [-0.2, -0.15) is 0 Å². The molecule has 1 saturated heterocycles. The number of nitrogens with two attached hydrogens (primary N) is 1. The molecule has 1 heterocycles. The molecular weight excluding hydrogens is 315 g/mol. The van der Waals surface area contributed by atoms with Crippen LogP contribution >= 0.6 is 35.6 Å². The lowest BCUT2D eigenvalue weighted by atomic mass is 9.90. The first-order chi connectivity index (χ1) is 8.99. The zero-order valence-electron chi connectivity index (χ0n) is 12.0. The van der Waals surface area contributed by atoms with E-state index in [1.54, 1.807) is 0 Å². The maximum Gasteiger partial charge on any atom is 0.0595 e. The highest BCUT2D eigenvalue weighted by molar-refractivity contribution is 6.42. The van der Waals surface area contributed by atoms with Crippen LogP contribution in [0.5, 0.6) is 0 Å². The number of rotatable bonds is 3. The van der Waals surface area contributed by atoms with Gasteiger partial charge in [0.05, 0.1) is 10.0 Å². The first-order valence-corrected chi connectivity index (χ1v) is 7.69. The van der Waals surface area contributed by atoms with E-state index in [0.717, 1.165) is 13.1 Å². The molecule has 0 aliphatic carbocycles. The van der Waals surface area contributed by atoms with Gasteiger partial charge in [-0.05, 0) is 63.4 Å². The van der Waals surface area contributed by atoms with E-state index in [0.29, 0.717) is 28.0 Å². The van der Waals surface area contributed by atoms with Crippen LogP contribution in [0.4, 0.5) is 0 Å². The van der Waals surface area contributed by atoms with Gasteiger partial charge in [-0.3, -0.25) is 4.90 Å². The number of halogens is 3. The fourth-order valence-corrected chi connectivity index (χ4v) is 3.12. The van der Waals surface area contributed by atoms with Crippen molar-refractivity contribution in [3.8, 4) is 0 Å². The van der Waals surface area contributed by atoms with Gasteiger partial charge < -0.3 is 5.73 Å². The van der Waals surface area contributed by atoms with E-state index < -0.39 is 0 Å². The molecule has 1 aliphatic rings. The monoisotopic (exact) mass is 336 g/mol. The van der Waals surface area contributed by atoms with Crippen molar-refractivity contribution in [2.24, 2.45) is 11.7 Å². The molecule has 0 radical (unpaired) electrons. The van der Waals surface area contributed by atoms with Gasteiger partial charge in [-0.15, -0.1) is 12.4 Å². The van der Waals surface area contributed by atoms with Gasteiger partial charge in [-0.1, -0.05) is 29.3 Å². The van der Waals surface area contributed by atoms with Crippen molar-refractivity contribution in [3.05, 3.63) is 33.8 Å². The SMILES string of the molecule is CC(N)C1CCN(C(C)c2ccc(Cl)c(Cl)c2)CC1.Cl. The van der Waals surface area contributed by atoms with Crippen molar-refractivity contribution >= 4 is 35.6 Å². The summed E-state index contributed by atoms with van der Waals surface area (Å²) < 4.78 is 0. The molecule has 2 atom stereocenters. The molecule has 2 rings (SSSR count). The smallest absolute Gasteiger partial charge is 0.0595 e. The number of likely N-dealkylation sites (tertiary alicyclic amines) is 1. The van der Waals surface area contributed by atoms with Gasteiger partial charge in [0.25, 0.3) is 0 Å². The van der Waals surface area contributed by atoms with Gasteiger partial charge in [0.1, 0.15) is 0 Å². The molecule has 114 valence electrons. The molecule has 5 heteroatoms. The Balaban J connectivity index is 0.00000200. The zero-order chi connectivity index (χ0) is 14.0. The minimum Gasteiger partial charge on any atom is -0.328 e. The third kappa shape index (κ3) is 4.25. The van der Waals surface area contributed by atoms with Crippen LogP contribution < -0.4 is 5.73 Å². The van der Waals surface area contributed by atoms with Crippen LogP contribution in [0, 0.1) is 5.92 Å². The van der Waals surface area contributed by atoms with E-state index in [-0.39, 0.29) is 12.4 Å². The Labute approximate surface area is 138 Å². The summed E-state index contributed by atoms with van der Waals surface area (Å²) in [5, 5.41) is 1.25. The van der Waals surface area contributed by atoms with Gasteiger partial charge in [0, 0.05) is 12.1 Å². The van der Waals surface area contributed by atoms with E-state index in [1.165, 1.54) is 18.4 Å². The molecule has 20 heavy (non-hydrogen) atoms. The maximum atomic E-state index is 6.09. The van der Waals surface area contributed by atoms with Crippen LogP contribution in [0.2, 0.25) is 10.0 Å². The van der Waals surface area contributed by atoms with Gasteiger partial charge in [0.2, 0.25) is 0 Å². The molecule has 2 nitrogen and oxygen atoms in total. The van der Waals surface area contributed by atoms with Crippen LogP contribution in [-0.2, 0) is 0 Å². The Kier molecular flexibility index (Phi) is 7.10. The second kappa shape index (κ2) is 7.86. The van der Waals surface area contributed by atoms with Crippen molar-refractivity contribution in [1.29, 1.82) is 0 Å². The third-order valence-corrected chi connectivity index (χ3v) is 5.03. The number of hydrogen-bond acceptors (Lipinski definition) is 2. The zero-order valence-corrected chi connectivity index (χ0v) is 14.3. The minimum absolute atomic E-state index is 0. The number of piperidine rings is 1. The lowest BCUT2D eigenvalue weighted by molar-refractivity contribution is 0.132. The second-order valence-corrected chi connectivity index (χ2v) is 6.40. The van der Waals surface area contributed by atoms with Crippen LogP contribution in [0.1, 0.15) is 38.3 Å². The summed E-state index contributed by atoms with van der Waals surface area (Å²) >= 11 is 12.1. The quantitative estimate of drug-likeness (QED) is 0.877. The standard InChI is InChI=1S/C15H22Cl2N2.ClH/c1-10(18)12-5-7-19(8-6-12)11(2)13-3-4-14(16)15(17)9-13;/h3-4,9-12H,5-8,18H2,1-2H3;1H. The van der Waals surface area contributed by atoms with E-state index in [4.69, 9.17) is 28.9 Å². The molecule has 1 aliphatic heterocycles. The average Bonchev–Trinajstić information content (AvgIpc) is 2.41. The molecule has 0 saturated carbocycles. The highest BCUT2D eigenvalue weighted by Gasteiger charge is 2.25. The molecule has 0 aromatic heterocycles. The summed E-state index contributed by atoms with van der Waals surface area (Å²) in [6, 6.07) is 6.61. The van der Waals surface area contributed by atoms with Gasteiger partial charge in [-0.25, -0.2) is 0 Å². The predicted octanol–water partition coefficient (Wildman–Crippen LogP) is 4.54.